The number of ether oxygens (including phenoxy) is 7. The molecule has 3 fully saturated rings. The van der Waals surface area contributed by atoms with E-state index in [0.29, 0.717) is 11.1 Å². The van der Waals surface area contributed by atoms with E-state index in [2.05, 4.69) is 47.9 Å². The SMILES string of the molecule is COc1cccc2c1C(=O)c1c(O)c3c(c(O)c1C2=O)C[C@@](O)(C(=O)CO)C[C@@H]3O[C@H]1C[C@H](NC(=O)OCc2ccc(NC(=O)[C@H](CC(N)=O)NC(=O)[C@H](C)NC(=O)[C@H](C)NC(=O)C(CC(=O)O)C(=O)N[C@@H](C)C(=O)N[C@@H](C)C(=O)N[C@@H](CC(N)=O)C(=O)Nc3ccc(COC(=O)N4C5[C@@H]4CN4C6=C(C(=O)C(N)=C(C)C6=O)[C@@H](COC(N)=O)[C@@]54OC)cc3)cc2)[C@H](O)[C@H](C)O1. The van der Waals surface area contributed by atoms with Crippen molar-refractivity contribution in [2.24, 2.45) is 34.8 Å². The van der Waals surface area contributed by atoms with Gasteiger partial charge in [-0.3, -0.25) is 81.6 Å². The van der Waals surface area contributed by atoms with Crippen LogP contribution in [0.3, 0.4) is 0 Å². The molecule has 3 saturated heterocycles. The second kappa shape index (κ2) is 39.0. The zero-order valence-electron chi connectivity index (χ0n) is 70.8. The maximum atomic E-state index is 14.1. The summed E-state index contributed by atoms with van der Waals surface area (Å²) in [6.07, 6.45) is -13.3. The molecule has 4 aromatic rings. The number of aliphatic carboxylic acids is 1. The zero-order valence-corrected chi connectivity index (χ0v) is 70.8. The summed E-state index contributed by atoms with van der Waals surface area (Å²) in [4.78, 5) is 255. The molecule has 47 nitrogen and oxygen atoms in total. The predicted octanol–water partition coefficient (Wildman–Crippen LogP) is -3.91. The number of aromatic hydroxyl groups is 2. The first kappa shape index (κ1) is 96.1. The molecule has 4 heterocycles. The fourth-order valence-electron chi connectivity index (χ4n) is 16.4. The number of anilines is 2. The molecule has 4 aromatic carbocycles. The highest BCUT2D eigenvalue weighted by Crippen LogP contribution is 2.60. The topological polar surface area (TPSA) is 729 Å². The summed E-state index contributed by atoms with van der Waals surface area (Å²) in [5.41, 5.74) is 16.4. The number of nitrogens with two attached hydrogens (primary N) is 4. The number of hydrogen-bond donors (Lipinski definition) is 19. The predicted molar refractivity (Wildman–Crippen MR) is 438 cm³/mol. The number of fused-ring (bicyclic) bond motifs is 7. The van der Waals surface area contributed by atoms with E-state index in [9.17, 15) is 122 Å². The van der Waals surface area contributed by atoms with E-state index in [0.717, 1.165) is 27.7 Å². The molecule has 11 rings (SSSR count). The number of benzene rings is 4. The lowest BCUT2D eigenvalue weighted by atomic mass is 9.72. The van der Waals surface area contributed by atoms with Gasteiger partial charge in [0.2, 0.25) is 76.4 Å². The van der Waals surface area contributed by atoms with Crippen LogP contribution in [0.15, 0.2) is 89.3 Å². The van der Waals surface area contributed by atoms with Gasteiger partial charge >= 0.3 is 24.2 Å². The highest BCUT2D eigenvalue weighted by molar-refractivity contribution is 6.31. The lowest BCUT2D eigenvalue weighted by molar-refractivity contribution is -0.249. The molecular weight excluding hydrogens is 1720 g/mol. The van der Waals surface area contributed by atoms with E-state index in [4.69, 9.17) is 56.1 Å². The number of nitrogens with zero attached hydrogens (tertiary/aromatic N) is 2. The molecule has 23 N–H and O–H groups in total. The Hall–Kier alpha value is -14.6. The van der Waals surface area contributed by atoms with Gasteiger partial charge in [0.05, 0.1) is 84.7 Å². The number of carbonyl (C=O) groups excluding carboxylic acids is 18. The number of alkyl carbamates (subject to hydrolysis) is 1. The fraction of sp³-hybridized carbons (Fsp3) is 0.434. The number of phenolic OH excluding ortho intramolecular Hbond substituents is 2. The van der Waals surface area contributed by atoms with Crippen molar-refractivity contribution in [2.45, 2.75) is 184 Å². The molecule has 0 spiro atoms. The average Bonchev–Trinajstić information content (AvgIpc) is 1.48. The number of ketones is 5. The van der Waals surface area contributed by atoms with Crippen LogP contribution in [0.25, 0.3) is 0 Å². The lowest BCUT2D eigenvalue weighted by Crippen LogP contribution is -2.57. The van der Waals surface area contributed by atoms with E-state index in [1.807, 2.05) is 0 Å². The summed E-state index contributed by atoms with van der Waals surface area (Å²) in [5, 5.41) is 87.1. The summed E-state index contributed by atoms with van der Waals surface area (Å²) in [5.74, 6) is -21.9. The highest BCUT2D eigenvalue weighted by Gasteiger charge is 2.78. The number of carboxylic acid groups (broad SMARTS) is 1. The van der Waals surface area contributed by atoms with Gasteiger partial charge in [-0.05, 0) is 83.0 Å². The van der Waals surface area contributed by atoms with Gasteiger partial charge in [0.25, 0.3) is 0 Å². The molecular formula is C83H95N15O32. The van der Waals surface area contributed by atoms with Crippen molar-refractivity contribution in [3.8, 4) is 17.2 Å². The number of amides is 13. The van der Waals surface area contributed by atoms with Gasteiger partial charge in [0.1, 0.15) is 104 Å². The van der Waals surface area contributed by atoms with Gasteiger partial charge in [-0.15, -0.1) is 0 Å². The number of phenols is 2. The zero-order chi connectivity index (χ0) is 95.5. The van der Waals surface area contributed by atoms with Crippen LogP contribution >= 0.6 is 0 Å². The van der Waals surface area contributed by atoms with E-state index in [1.165, 1.54) is 99.7 Å². The molecule has 17 atom stereocenters. The van der Waals surface area contributed by atoms with Crippen molar-refractivity contribution in [1.29, 1.82) is 0 Å². The Kier molecular flexibility index (Phi) is 28.8. The lowest BCUT2D eigenvalue weighted by Gasteiger charge is -2.42. The molecule has 694 valence electrons. The molecule has 130 heavy (non-hydrogen) atoms. The van der Waals surface area contributed by atoms with Gasteiger partial charge in [0, 0.05) is 72.1 Å². The van der Waals surface area contributed by atoms with E-state index < -0.39 is 289 Å². The number of piperazine rings is 1. The van der Waals surface area contributed by atoms with Gasteiger partial charge < -0.3 is 139 Å². The quantitative estimate of drug-likeness (QED) is 0.00606. The third-order valence-electron chi connectivity index (χ3n) is 23.2. The number of Topliss-reactive ketones (excluding diaryl/α,β-unsaturated/α-hetero) is 3. The van der Waals surface area contributed by atoms with Crippen LogP contribution in [-0.4, -0.2) is 271 Å². The number of aliphatic hydroxyl groups excluding tert-OH is 2. The van der Waals surface area contributed by atoms with E-state index in [-0.39, 0.29) is 81.5 Å². The first-order chi connectivity index (χ1) is 61.3. The smallest absolute Gasteiger partial charge is 0.410 e. The minimum absolute atomic E-state index is 0.00877. The van der Waals surface area contributed by atoms with E-state index >= 15 is 0 Å². The maximum absolute atomic E-state index is 14.1. The van der Waals surface area contributed by atoms with Gasteiger partial charge in [-0.25, -0.2) is 14.4 Å². The fourth-order valence-corrected chi connectivity index (χ4v) is 16.4. The normalized spacial score (nSPS) is 23.0. The minimum atomic E-state index is -2.48. The molecule has 13 amide bonds. The second-order valence-electron chi connectivity index (χ2n) is 31.9. The van der Waals surface area contributed by atoms with Crippen molar-refractivity contribution >= 4 is 124 Å². The molecule has 2 unspecified atom stereocenters. The first-order valence-corrected chi connectivity index (χ1v) is 40.4. The Morgan fingerprint density at radius 3 is 1.65 bits per heavy atom. The Bertz CT molecular complexity index is 5450. The second-order valence-corrected chi connectivity index (χ2v) is 31.9. The summed E-state index contributed by atoms with van der Waals surface area (Å²) in [6, 6.07) is 3.04. The Balaban J connectivity index is 0.611. The van der Waals surface area contributed by atoms with Crippen molar-refractivity contribution < 1.29 is 155 Å². The Morgan fingerprint density at radius 1 is 0.631 bits per heavy atom. The third-order valence-corrected chi connectivity index (χ3v) is 23.2. The number of carboxylic acids is 1. The van der Waals surface area contributed by atoms with Crippen LogP contribution in [0.2, 0.25) is 0 Å². The average molecular weight is 1810 g/mol. The number of methoxy groups -OCH3 is 2. The molecule has 0 radical (unpaired) electrons. The number of carbonyl (C=O) groups is 19. The van der Waals surface area contributed by atoms with Crippen LogP contribution in [0.5, 0.6) is 17.2 Å². The third kappa shape index (κ3) is 19.8. The largest absolute Gasteiger partial charge is 0.507 e. The molecule has 0 saturated carbocycles. The minimum Gasteiger partial charge on any atom is -0.507 e. The molecule has 3 aliphatic carbocycles. The van der Waals surface area contributed by atoms with Crippen LogP contribution in [0.4, 0.5) is 25.8 Å². The summed E-state index contributed by atoms with van der Waals surface area (Å²) < 4.78 is 39.7. The maximum Gasteiger partial charge on any atom is 0.410 e. The number of allylic oxidation sites excluding steroid dienone is 2. The molecule has 4 aliphatic heterocycles. The van der Waals surface area contributed by atoms with Gasteiger partial charge in [0.15, 0.2) is 23.6 Å². The molecule has 0 aromatic heterocycles. The number of primary amides is 3. The molecule has 47 heteroatoms. The van der Waals surface area contributed by atoms with Crippen molar-refractivity contribution in [3.05, 3.63) is 134 Å². The summed E-state index contributed by atoms with van der Waals surface area (Å²) >= 11 is 0. The van der Waals surface area contributed by atoms with Crippen molar-refractivity contribution in [2.75, 3.05) is 44.6 Å². The number of hydrogen-bond acceptors (Lipinski definition) is 33. The Morgan fingerprint density at radius 2 is 1.15 bits per heavy atom. The van der Waals surface area contributed by atoms with Crippen LogP contribution < -0.4 is 75.5 Å². The summed E-state index contributed by atoms with van der Waals surface area (Å²) in [6.45, 7) is 4.87. The Labute approximate surface area is 736 Å². The monoisotopic (exact) mass is 1810 g/mol. The van der Waals surface area contributed by atoms with Crippen molar-refractivity contribution in [3.63, 3.8) is 0 Å². The molecule has 7 aliphatic rings. The van der Waals surface area contributed by atoms with E-state index in [1.54, 1.807) is 4.90 Å². The van der Waals surface area contributed by atoms with Crippen molar-refractivity contribution in [1.82, 2.24) is 47.0 Å². The standard InChI is InChI=1S/C83H95N15O32/c1-31-61(86)69(111)58-44(30-126-79(87)120)83(125-8)70-48(26-97(83)62(58)63(31)105)98(70)81(122)128-29-38-14-18-40(19-15-38)93-78(119)47(22-53(85)102)95-74(115)35(5)89-72(113)33(3)91-76(117)42(20-54(103)104)75(116)90-32(2)71(112)88-34(4)73(114)94-46(21-52(84)101)77(118)92-39-16-12-37(13-17-39)28-127-80(121)96-45-23-55(129-36(6)64(45)106)130-50-25-82(123,51(100)27-99)24-43-57(50)68(110)60-59(66(43)108)65(107)41-10-9-11-49(124-7)56(41)67(60)109/h9-19,32-36,42,44-48,50,55,64,70,99,106,108,110,123H,20-30,86H2,1-8H3,(H2,84,101)(H2,85,102)(H2,87,120)(H,88,112)(H,89,113)(H,90,116)(H,91,117)(H,92,118)(H,93,119)(H,94,114)(H,95,115)(H,96,121)(H,103,104)/t32-,33-,34-,35-,36-,42?,44+,45-,46-,47-,48-,50-,55-,64+,70?,82-,83+,98?/m0/s1. The number of aliphatic hydroxyl groups is 3. The van der Waals surface area contributed by atoms with Gasteiger partial charge in [-0.2, -0.15) is 0 Å². The molecule has 0 bridgehead atoms. The van der Waals surface area contributed by atoms with Crippen LogP contribution in [0.1, 0.15) is 134 Å². The summed E-state index contributed by atoms with van der Waals surface area (Å²) in [7, 11) is 2.56. The number of nitrogens with one attached hydrogen (secondary N) is 9. The van der Waals surface area contributed by atoms with Crippen LogP contribution in [-0.2, 0) is 115 Å². The number of rotatable bonds is 35. The first-order valence-electron chi connectivity index (χ1n) is 40.4. The highest BCUT2D eigenvalue weighted by atomic mass is 16.7. The van der Waals surface area contributed by atoms with Crippen LogP contribution in [0, 0.1) is 11.8 Å². The van der Waals surface area contributed by atoms with Gasteiger partial charge in [-0.1, -0.05) is 36.4 Å².